The SMILES string of the molecule is CCCC[P+](CCCC)(CCCC)Cc1cc(OC)ccn1. The molecular formula is C19H35NOP+. The van der Waals surface area contributed by atoms with E-state index in [0.29, 0.717) is 0 Å². The second-order valence-electron chi connectivity index (χ2n) is 6.42. The summed E-state index contributed by atoms with van der Waals surface area (Å²) in [4.78, 5) is 4.64. The minimum Gasteiger partial charge on any atom is -0.497 e. The van der Waals surface area contributed by atoms with E-state index in [-0.39, 0.29) is 0 Å². The summed E-state index contributed by atoms with van der Waals surface area (Å²) in [6.07, 6.45) is 15.5. The van der Waals surface area contributed by atoms with Crippen molar-refractivity contribution in [3.8, 4) is 5.75 Å². The van der Waals surface area contributed by atoms with Gasteiger partial charge in [-0.1, -0.05) is 40.0 Å². The summed E-state index contributed by atoms with van der Waals surface area (Å²) in [5, 5.41) is 0. The van der Waals surface area contributed by atoms with Gasteiger partial charge in [-0.2, -0.15) is 0 Å². The van der Waals surface area contributed by atoms with Crippen molar-refractivity contribution in [1.82, 2.24) is 4.98 Å². The minimum atomic E-state index is -0.916. The fourth-order valence-electron chi connectivity index (χ4n) is 3.07. The molecule has 0 spiro atoms. The summed E-state index contributed by atoms with van der Waals surface area (Å²) < 4.78 is 5.39. The Kier molecular flexibility index (Phi) is 9.71. The van der Waals surface area contributed by atoms with Crippen LogP contribution >= 0.6 is 7.26 Å². The van der Waals surface area contributed by atoms with E-state index in [1.165, 1.54) is 68.9 Å². The fourth-order valence-corrected chi connectivity index (χ4v) is 8.03. The van der Waals surface area contributed by atoms with Crippen molar-refractivity contribution in [2.24, 2.45) is 0 Å². The molecule has 3 heteroatoms. The van der Waals surface area contributed by atoms with E-state index < -0.39 is 7.26 Å². The molecule has 0 saturated heterocycles. The van der Waals surface area contributed by atoms with E-state index in [9.17, 15) is 0 Å². The molecule has 0 saturated carbocycles. The molecule has 1 aromatic rings. The number of ether oxygens (including phenoxy) is 1. The molecule has 0 fully saturated rings. The topological polar surface area (TPSA) is 22.1 Å². The lowest BCUT2D eigenvalue weighted by Crippen LogP contribution is -2.12. The van der Waals surface area contributed by atoms with Crippen molar-refractivity contribution < 1.29 is 4.74 Å². The van der Waals surface area contributed by atoms with Gasteiger partial charge in [-0.3, -0.25) is 4.98 Å². The second-order valence-corrected chi connectivity index (χ2v) is 10.8. The second kappa shape index (κ2) is 11.0. The third-order valence-electron chi connectivity index (χ3n) is 4.48. The van der Waals surface area contributed by atoms with Crippen LogP contribution in [0.15, 0.2) is 18.3 Å². The number of nitrogens with zero attached hydrogens (tertiary/aromatic N) is 1. The van der Waals surface area contributed by atoms with Crippen molar-refractivity contribution in [1.29, 1.82) is 0 Å². The van der Waals surface area contributed by atoms with Crippen LogP contribution in [-0.2, 0) is 6.16 Å². The van der Waals surface area contributed by atoms with Crippen LogP contribution in [0.25, 0.3) is 0 Å². The quantitative estimate of drug-likeness (QED) is 0.439. The lowest BCUT2D eigenvalue weighted by molar-refractivity contribution is 0.413. The molecule has 0 N–H and O–H groups in total. The Morgan fingerprint density at radius 3 is 1.95 bits per heavy atom. The number of hydrogen-bond donors (Lipinski definition) is 0. The van der Waals surface area contributed by atoms with Gasteiger partial charge in [0.25, 0.3) is 0 Å². The van der Waals surface area contributed by atoms with Crippen molar-refractivity contribution in [3.63, 3.8) is 0 Å². The average molecular weight is 324 g/mol. The van der Waals surface area contributed by atoms with Gasteiger partial charge in [0.1, 0.15) is 11.9 Å². The normalized spacial score (nSPS) is 11.6. The zero-order valence-corrected chi connectivity index (χ0v) is 16.0. The monoisotopic (exact) mass is 324 g/mol. The summed E-state index contributed by atoms with van der Waals surface area (Å²) >= 11 is 0. The molecule has 2 nitrogen and oxygen atoms in total. The Labute approximate surface area is 138 Å². The van der Waals surface area contributed by atoms with Crippen molar-refractivity contribution >= 4 is 7.26 Å². The highest BCUT2D eigenvalue weighted by atomic mass is 31.2. The molecule has 126 valence electrons. The lowest BCUT2D eigenvalue weighted by Gasteiger charge is -2.27. The van der Waals surface area contributed by atoms with Crippen LogP contribution in [0.2, 0.25) is 0 Å². The molecule has 22 heavy (non-hydrogen) atoms. The predicted octanol–water partition coefficient (Wildman–Crippen LogP) is 6.01. The molecule has 0 amide bonds. The van der Waals surface area contributed by atoms with Gasteiger partial charge in [0, 0.05) is 19.5 Å². The van der Waals surface area contributed by atoms with Gasteiger partial charge in [-0.05, 0) is 25.3 Å². The Bertz CT molecular complexity index is 386. The van der Waals surface area contributed by atoms with Gasteiger partial charge in [0.15, 0.2) is 0 Å². The van der Waals surface area contributed by atoms with Crippen LogP contribution in [0.4, 0.5) is 0 Å². The van der Waals surface area contributed by atoms with Crippen LogP contribution < -0.4 is 4.74 Å². The summed E-state index contributed by atoms with van der Waals surface area (Å²) in [7, 11) is 0.827. The highest BCUT2D eigenvalue weighted by Gasteiger charge is 2.36. The molecule has 0 aliphatic rings. The number of aromatic nitrogens is 1. The lowest BCUT2D eigenvalue weighted by atomic mass is 10.3. The molecule has 1 heterocycles. The van der Waals surface area contributed by atoms with Crippen LogP contribution in [-0.4, -0.2) is 30.6 Å². The summed E-state index contributed by atoms with van der Waals surface area (Å²) in [6, 6.07) is 4.10. The van der Waals surface area contributed by atoms with Gasteiger partial charge in [0.2, 0.25) is 0 Å². The van der Waals surface area contributed by atoms with Crippen molar-refractivity contribution in [2.75, 3.05) is 25.6 Å². The first kappa shape index (κ1) is 19.4. The molecule has 0 bridgehead atoms. The molecular weight excluding hydrogens is 289 g/mol. The Balaban J connectivity index is 2.92. The maximum Gasteiger partial charge on any atom is 0.122 e. The molecule has 0 aliphatic heterocycles. The van der Waals surface area contributed by atoms with Crippen LogP contribution in [0.5, 0.6) is 5.75 Å². The zero-order chi connectivity index (χ0) is 16.3. The van der Waals surface area contributed by atoms with Crippen molar-refractivity contribution in [3.05, 3.63) is 24.0 Å². The highest BCUT2D eigenvalue weighted by Crippen LogP contribution is 2.63. The Morgan fingerprint density at radius 2 is 1.50 bits per heavy atom. The molecule has 0 unspecified atom stereocenters. The van der Waals surface area contributed by atoms with Crippen LogP contribution in [0.1, 0.15) is 65.0 Å². The Hall–Kier alpha value is -0.620. The van der Waals surface area contributed by atoms with E-state index in [1.54, 1.807) is 7.11 Å². The standard InChI is InChI=1S/C19H35NOP/c1-5-8-13-22(14-9-6-2,15-10-7-3)17-18-16-19(21-4)11-12-20-18/h11-12,16H,5-10,13-15,17H2,1-4H3/q+1. The minimum absolute atomic E-state index is 0.916. The van der Waals surface area contributed by atoms with Crippen LogP contribution in [0, 0.1) is 0 Å². The maximum atomic E-state index is 5.39. The maximum absolute atomic E-state index is 5.39. The van der Waals surface area contributed by atoms with Gasteiger partial charge in [-0.25, -0.2) is 0 Å². The number of hydrogen-bond acceptors (Lipinski definition) is 2. The van der Waals surface area contributed by atoms with E-state index in [4.69, 9.17) is 4.74 Å². The Morgan fingerprint density at radius 1 is 0.955 bits per heavy atom. The van der Waals surface area contributed by atoms with E-state index in [2.05, 4.69) is 31.8 Å². The van der Waals surface area contributed by atoms with E-state index in [0.717, 1.165) is 5.75 Å². The van der Waals surface area contributed by atoms with E-state index in [1.807, 2.05) is 12.3 Å². The molecule has 1 aromatic heterocycles. The summed E-state index contributed by atoms with van der Waals surface area (Å²) in [5.74, 6) is 0.949. The fraction of sp³-hybridized carbons (Fsp3) is 0.737. The van der Waals surface area contributed by atoms with Crippen LogP contribution in [0.3, 0.4) is 0 Å². The number of pyridine rings is 1. The smallest absolute Gasteiger partial charge is 0.122 e. The van der Waals surface area contributed by atoms with Gasteiger partial charge < -0.3 is 4.74 Å². The molecule has 1 rings (SSSR count). The third-order valence-corrected chi connectivity index (χ3v) is 9.27. The molecule has 0 atom stereocenters. The largest absolute Gasteiger partial charge is 0.497 e. The van der Waals surface area contributed by atoms with Gasteiger partial charge in [-0.15, -0.1) is 0 Å². The number of rotatable bonds is 12. The third kappa shape index (κ3) is 6.65. The highest BCUT2D eigenvalue weighted by molar-refractivity contribution is 7.75. The summed E-state index contributed by atoms with van der Waals surface area (Å²) in [5.41, 5.74) is 1.25. The first-order chi connectivity index (χ1) is 10.7. The molecule has 0 aromatic carbocycles. The zero-order valence-electron chi connectivity index (χ0n) is 15.1. The molecule has 0 aliphatic carbocycles. The molecule has 0 radical (unpaired) electrons. The average Bonchev–Trinajstić information content (AvgIpc) is 2.56. The van der Waals surface area contributed by atoms with Crippen molar-refractivity contribution in [2.45, 2.75) is 65.5 Å². The summed E-state index contributed by atoms with van der Waals surface area (Å²) in [6.45, 7) is 6.95. The van der Waals surface area contributed by atoms with Gasteiger partial charge in [0.05, 0.1) is 31.3 Å². The first-order valence-electron chi connectivity index (χ1n) is 9.03. The van der Waals surface area contributed by atoms with E-state index >= 15 is 0 Å². The number of methoxy groups -OCH3 is 1. The first-order valence-corrected chi connectivity index (χ1v) is 11.6. The van der Waals surface area contributed by atoms with Gasteiger partial charge >= 0.3 is 0 Å². The predicted molar refractivity (Wildman–Crippen MR) is 101 cm³/mol. The number of unbranched alkanes of at least 4 members (excludes halogenated alkanes) is 3.